The second kappa shape index (κ2) is 12.7. The fourth-order valence-corrected chi connectivity index (χ4v) is 4.16. The van der Waals surface area contributed by atoms with Crippen LogP contribution < -0.4 is 10.6 Å². The highest BCUT2D eigenvalue weighted by atomic mass is 127. The molecule has 1 aliphatic heterocycles. The highest BCUT2D eigenvalue weighted by Gasteiger charge is 2.27. The van der Waals surface area contributed by atoms with Gasteiger partial charge in [0.25, 0.3) is 0 Å². The molecule has 7 heteroatoms. The summed E-state index contributed by atoms with van der Waals surface area (Å²) in [6.07, 6.45) is 7.29. The lowest BCUT2D eigenvalue weighted by Gasteiger charge is -2.32. The average Bonchev–Trinajstić information content (AvgIpc) is 3.31. The van der Waals surface area contributed by atoms with Gasteiger partial charge in [0.1, 0.15) is 0 Å². The first kappa shape index (κ1) is 25.2. The molecule has 33 heavy (non-hydrogen) atoms. The van der Waals surface area contributed by atoms with E-state index in [1.807, 2.05) is 36.1 Å². The molecule has 2 atom stereocenters. The Hall–Kier alpha value is -2.39. The van der Waals surface area contributed by atoms with E-state index in [2.05, 4.69) is 70.2 Å². The van der Waals surface area contributed by atoms with Crippen molar-refractivity contribution in [3.63, 3.8) is 0 Å². The number of nitrogens with one attached hydrogen (secondary N) is 2. The molecule has 0 bridgehead atoms. The van der Waals surface area contributed by atoms with Gasteiger partial charge in [-0.1, -0.05) is 48.0 Å². The predicted octanol–water partition coefficient (Wildman–Crippen LogP) is 4.67. The van der Waals surface area contributed by atoms with Gasteiger partial charge >= 0.3 is 0 Å². The van der Waals surface area contributed by atoms with Gasteiger partial charge in [-0.05, 0) is 49.4 Å². The van der Waals surface area contributed by atoms with Crippen molar-refractivity contribution in [2.45, 2.75) is 32.3 Å². The first-order valence-corrected chi connectivity index (χ1v) is 11.4. The van der Waals surface area contributed by atoms with Gasteiger partial charge in [0.05, 0.1) is 18.0 Å². The Morgan fingerprint density at radius 2 is 1.91 bits per heavy atom. The van der Waals surface area contributed by atoms with E-state index in [4.69, 9.17) is 4.74 Å². The molecule has 0 radical (unpaired) electrons. The number of guanidine groups is 1. The number of aliphatic imine (C=N–C) groups is 1. The second-order valence-electron chi connectivity index (χ2n) is 8.36. The lowest BCUT2D eigenvalue weighted by Crippen LogP contribution is -2.42. The largest absolute Gasteiger partial charge is 0.373 e. The van der Waals surface area contributed by atoms with Crippen LogP contribution in [-0.2, 0) is 11.2 Å². The van der Waals surface area contributed by atoms with Crippen LogP contribution in [0.3, 0.4) is 0 Å². The van der Waals surface area contributed by atoms with Gasteiger partial charge in [-0.3, -0.25) is 4.99 Å². The molecule has 176 valence electrons. The number of aryl methyl sites for hydroxylation is 1. The molecular formula is C26H34IN5O. The Labute approximate surface area is 213 Å². The van der Waals surface area contributed by atoms with E-state index in [0.29, 0.717) is 5.92 Å². The SMILES string of the molecule is CN=C(NCCc1cnn(-c2ccccc2)c1)NCC1CCCOC1c1ccc(C)cc1.I. The average molecular weight is 559 g/mol. The van der Waals surface area contributed by atoms with Crippen LogP contribution in [-0.4, -0.2) is 42.5 Å². The molecule has 2 aromatic carbocycles. The normalized spacial score (nSPS) is 18.4. The molecule has 1 fully saturated rings. The van der Waals surface area contributed by atoms with Gasteiger partial charge in [-0.25, -0.2) is 4.68 Å². The first-order chi connectivity index (χ1) is 15.7. The van der Waals surface area contributed by atoms with E-state index in [1.54, 1.807) is 0 Å². The smallest absolute Gasteiger partial charge is 0.190 e. The number of ether oxygens (including phenoxy) is 1. The van der Waals surface area contributed by atoms with E-state index in [1.165, 1.54) is 16.7 Å². The van der Waals surface area contributed by atoms with E-state index in [9.17, 15) is 0 Å². The first-order valence-electron chi connectivity index (χ1n) is 11.4. The van der Waals surface area contributed by atoms with Crippen molar-refractivity contribution >= 4 is 29.9 Å². The summed E-state index contributed by atoms with van der Waals surface area (Å²) in [5.74, 6) is 1.25. The molecule has 0 spiro atoms. The van der Waals surface area contributed by atoms with E-state index < -0.39 is 0 Å². The summed E-state index contributed by atoms with van der Waals surface area (Å²) in [6.45, 7) is 4.58. The van der Waals surface area contributed by atoms with Crippen molar-refractivity contribution in [1.82, 2.24) is 20.4 Å². The fourth-order valence-electron chi connectivity index (χ4n) is 4.16. The second-order valence-corrected chi connectivity index (χ2v) is 8.36. The molecular weight excluding hydrogens is 525 g/mol. The summed E-state index contributed by atoms with van der Waals surface area (Å²) in [6, 6.07) is 18.9. The summed E-state index contributed by atoms with van der Waals surface area (Å²) in [4.78, 5) is 4.40. The molecule has 6 nitrogen and oxygen atoms in total. The number of para-hydroxylation sites is 1. The van der Waals surface area contributed by atoms with Gasteiger partial charge in [-0.15, -0.1) is 24.0 Å². The quantitative estimate of drug-likeness (QED) is 0.251. The summed E-state index contributed by atoms with van der Waals surface area (Å²) in [7, 11) is 1.82. The number of rotatable bonds is 7. The summed E-state index contributed by atoms with van der Waals surface area (Å²) in [5, 5.41) is 11.4. The third kappa shape index (κ3) is 7.04. The Balaban J connectivity index is 0.00000306. The third-order valence-electron chi connectivity index (χ3n) is 5.97. The lowest BCUT2D eigenvalue weighted by molar-refractivity contribution is -0.0265. The van der Waals surface area contributed by atoms with E-state index in [0.717, 1.165) is 50.6 Å². The molecule has 1 saturated heterocycles. The van der Waals surface area contributed by atoms with Crippen LogP contribution in [0.15, 0.2) is 72.0 Å². The van der Waals surface area contributed by atoms with Crippen LogP contribution in [0.1, 0.15) is 35.6 Å². The van der Waals surface area contributed by atoms with Gasteiger partial charge < -0.3 is 15.4 Å². The summed E-state index contributed by atoms with van der Waals surface area (Å²) < 4.78 is 8.06. The van der Waals surface area contributed by atoms with Gasteiger partial charge in [0.2, 0.25) is 0 Å². The summed E-state index contributed by atoms with van der Waals surface area (Å²) >= 11 is 0. The Bertz CT molecular complexity index is 1000. The van der Waals surface area contributed by atoms with E-state index >= 15 is 0 Å². The molecule has 4 rings (SSSR count). The molecule has 2 N–H and O–H groups in total. The number of benzene rings is 2. The molecule has 1 aliphatic rings. The van der Waals surface area contributed by atoms with Crippen molar-refractivity contribution in [2.24, 2.45) is 10.9 Å². The van der Waals surface area contributed by atoms with Crippen LogP contribution in [0.4, 0.5) is 0 Å². The molecule has 0 aliphatic carbocycles. The highest BCUT2D eigenvalue weighted by Crippen LogP contribution is 2.33. The van der Waals surface area contributed by atoms with Crippen molar-refractivity contribution in [2.75, 3.05) is 26.7 Å². The monoisotopic (exact) mass is 559 g/mol. The van der Waals surface area contributed by atoms with Crippen LogP contribution in [0, 0.1) is 12.8 Å². The predicted molar refractivity (Wildman–Crippen MR) is 145 cm³/mol. The van der Waals surface area contributed by atoms with Crippen LogP contribution in [0.25, 0.3) is 5.69 Å². The zero-order valence-corrected chi connectivity index (χ0v) is 21.7. The van der Waals surface area contributed by atoms with Crippen molar-refractivity contribution in [1.29, 1.82) is 0 Å². The van der Waals surface area contributed by atoms with E-state index in [-0.39, 0.29) is 30.1 Å². The zero-order chi connectivity index (χ0) is 22.2. The minimum absolute atomic E-state index is 0. The van der Waals surface area contributed by atoms with Crippen molar-refractivity contribution in [3.05, 3.63) is 83.7 Å². The Morgan fingerprint density at radius 1 is 1.12 bits per heavy atom. The maximum absolute atomic E-state index is 6.15. The molecule has 3 aromatic rings. The van der Waals surface area contributed by atoms with Gasteiger partial charge in [0, 0.05) is 38.9 Å². The van der Waals surface area contributed by atoms with Crippen LogP contribution in [0.2, 0.25) is 0 Å². The minimum Gasteiger partial charge on any atom is -0.373 e. The summed E-state index contributed by atoms with van der Waals surface area (Å²) in [5.41, 5.74) is 4.80. The maximum Gasteiger partial charge on any atom is 0.190 e. The highest BCUT2D eigenvalue weighted by molar-refractivity contribution is 14.0. The number of nitrogens with zero attached hydrogens (tertiary/aromatic N) is 3. The van der Waals surface area contributed by atoms with Crippen LogP contribution in [0.5, 0.6) is 0 Å². The van der Waals surface area contributed by atoms with Crippen LogP contribution >= 0.6 is 24.0 Å². The zero-order valence-electron chi connectivity index (χ0n) is 19.4. The molecule has 1 aromatic heterocycles. The maximum atomic E-state index is 6.15. The Kier molecular flexibility index (Phi) is 9.75. The number of hydrogen-bond acceptors (Lipinski definition) is 3. The topological polar surface area (TPSA) is 63.5 Å². The molecule has 2 heterocycles. The third-order valence-corrected chi connectivity index (χ3v) is 5.97. The standard InChI is InChI=1S/C26H33N5O.HI/c1-20-10-12-22(13-11-20)25-23(7-6-16-32-25)18-29-26(27-2)28-15-14-21-17-30-31(19-21)24-8-4-3-5-9-24;/h3-5,8-13,17,19,23,25H,6-7,14-16,18H2,1-2H3,(H2,27,28,29);1H. The molecule has 0 amide bonds. The number of aromatic nitrogens is 2. The van der Waals surface area contributed by atoms with Gasteiger partial charge in [-0.2, -0.15) is 5.10 Å². The van der Waals surface area contributed by atoms with Crippen molar-refractivity contribution < 1.29 is 4.74 Å². The number of hydrogen-bond donors (Lipinski definition) is 2. The fraction of sp³-hybridized carbons (Fsp3) is 0.385. The lowest BCUT2D eigenvalue weighted by atomic mass is 9.89. The van der Waals surface area contributed by atoms with Crippen molar-refractivity contribution in [3.8, 4) is 5.69 Å². The number of halogens is 1. The molecule has 2 unspecified atom stereocenters. The van der Waals surface area contributed by atoms with Gasteiger partial charge in [0.15, 0.2) is 5.96 Å². The molecule has 0 saturated carbocycles. The Morgan fingerprint density at radius 3 is 2.67 bits per heavy atom. The minimum atomic E-state index is 0.